The average molecular weight is 344 g/mol. The first-order chi connectivity index (χ1) is 11.6. The zero-order valence-corrected chi connectivity index (χ0v) is 14.8. The highest BCUT2D eigenvalue weighted by Gasteiger charge is 2.17. The van der Waals surface area contributed by atoms with Gasteiger partial charge < -0.3 is 14.0 Å². The SMILES string of the molecule is CSCc1nc2ccccc2n1CC(=O)N(C)Cc1cc(C)on1. The Hall–Kier alpha value is -2.28. The quantitative estimate of drug-likeness (QED) is 0.688. The van der Waals surface area contributed by atoms with Crippen LogP contribution >= 0.6 is 11.8 Å². The van der Waals surface area contributed by atoms with E-state index >= 15 is 0 Å². The minimum absolute atomic E-state index is 0.0150. The number of nitrogens with zero attached hydrogens (tertiary/aromatic N) is 4. The Bertz CT molecular complexity index is 855. The number of likely N-dealkylation sites (N-methyl/N-ethyl adjacent to an activating group) is 1. The smallest absolute Gasteiger partial charge is 0.242 e. The molecule has 0 spiro atoms. The molecule has 2 aromatic heterocycles. The molecule has 3 aromatic rings. The van der Waals surface area contributed by atoms with Gasteiger partial charge in [-0.05, 0) is 25.3 Å². The number of hydrogen-bond acceptors (Lipinski definition) is 5. The van der Waals surface area contributed by atoms with E-state index in [0.29, 0.717) is 6.54 Å². The van der Waals surface area contributed by atoms with Crippen molar-refractivity contribution in [2.24, 2.45) is 0 Å². The molecule has 0 saturated heterocycles. The number of amides is 1. The zero-order valence-electron chi connectivity index (χ0n) is 14.0. The lowest BCUT2D eigenvalue weighted by Crippen LogP contribution is -2.30. The van der Waals surface area contributed by atoms with Crippen LogP contribution in [0.3, 0.4) is 0 Å². The Morgan fingerprint density at radius 3 is 2.88 bits per heavy atom. The number of benzene rings is 1. The molecule has 0 saturated carbocycles. The first-order valence-electron chi connectivity index (χ1n) is 7.67. The van der Waals surface area contributed by atoms with Crippen LogP contribution in [-0.2, 0) is 23.6 Å². The van der Waals surface area contributed by atoms with Crippen molar-refractivity contribution >= 4 is 28.7 Å². The van der Waals surface area contributed by atoms with E-state index in [2.05, 4.69) is 10.1 Å². The molecule has 0 bridgehead atoms. The molecular weight excluding hydrogens is 324 g/mol. The van der Waals surface area contributed by atoms with Crippen LogP contribution in [0.5, 0.6) is 0 Å². The molecule has 1 aromatic carbocycles. The van der Waals surface area contributed by atoms with Gasteiger partial charge in [-0.2, -0.15) is 11.8 Å². The summed E-state index contributed by atoms with van der Waals surface area (Å²) in [6.45, 7) is 2.54. The Morgan fingerprint density at radius 2 is 2.17 bits per heavy atom. The number of fused-ring (bicyclic) bond motifs is 1. The lowest BCUT2D eigenvalue weighted by Gasteiger charge is -2.17. The highest BCUT2D eigenvalue weighted by atomic mass is 32.2. The van der Waals surface area contributed by atoms with Gasteiger partial charge in [0.2, 0.25) is 5.91 Å². The Balaban J connectivity index is 1.80. The number of carbonyl (C=O) groups is 1. The molecule has 0 atom stereocenters. The van der Waals surface area contributed by atoms with E-state index in [1.807, 2.05) is 48.1 Å². The number of thioether (sulfide) groups is 1. The van der Waals surface area contributed by atoms with E-state index in [4.69, 9.17) is 4.52 Å². The van der Waals surface area contributed by atoms with Crippen LogP contribution in [0.4, 0.5) is 0 Å². The fourth-order valence-electron chi connectivity index (χ4n) is 2.62. The highest BCUT2D eigenvalue weighted by molar-refractivity contribution is 7.97. The van der Waals surface area contributed by atoms with Crippen molar-refractivity contribution in [3.8, 4) is 0 Å². The summed E-state index contributed by atoms with van der Waals surface area (Å²) in [5.74, 6) is 2.45. The van der Waals surface area contributed by atoms with Crippen LogP contribution in [0.2, 0.25) is 0 Å². The first kappa shape index (κ1) is 16.6. The maximum atomic E-state index is 12.6. The summed E-state index contributed by atoms with van der Waals surface area (Å²) in [6, 6.07) is 9.75. The monoisotopic (exact) mass is 344 g/mol. The van der Waals surface area contributed by atoms with Crippen molar-refractivity contribution < 1.29 is 9.32 Å². The summed E-state index contributed by atoms with van der Waals surface area (Å²) in [5, 5.41) is 3.94. The third-order valence-electron chi connectivity index (χ3n) is 3.80. The fraction of sp³-hybridized carbons (Fsp3) is 0.353. The molecule has 6 nitrogen and oxygen atoms in total. The maximum absolute atomic E-state index is 12.6. The van der Waals surface area contributed by atoms with E-state index in [-0.39, 0.29) is 12.5 Å². The van der Waals surface area contributed by atoms with Gasteiger partial charge in [-0.25, -0.2) is 4.98 Å². The van der Waals surface area contributed by atoms with Crippen molar-refractivity contribution in [3.63, 3.8) is 0 Å². The number of aryl methyl sites for hydroxylation is 1. The number of aromatic nitrogens is 3. The lowest BCUT2D eigenvalue weighted by atomic mass is 10.3. The van der Waals surface area contributed by atoms with Crippen molar-refractivity contribution in [2.75, 3.05) is 13.3 Å². The second-order valence-corrected chi connectivity index (χ2v) is 6.58. The molecule has 0 fully saturated rings. The highest BCUT2D eigenvalue weighted by Crippen LogP contribution is 2.19. The van der Waals surface area contributed by atoms with Gasteiger partial charge in [0.1, 0.15) is 23.8 Å². The molecule has 0 radical (unpaired) electrons. The van der Waals surface area contributed by atoms with Gasteiger partial charge in [-0.3, -0.25) is 4.79 Å². The number of para-hydroxylation sites is 2. The fourth-order valence-corrected chi connectivity index (χ4v) is 3.10. The molecule has 126 valence electrons. The second-order valence-electron chi connectivity index (χ2n) is 5.71. The molecule has 2 heterocycles. The van der Waals surface area contributed by atoms with Gasteiger partial charge in [0.15, 0.2) is 0 Å². The van der Waals surface area contributed by atoms with E-state index in [9.17, 15) is 4.79 Å². The third-order valence-corrected chi connectivity index (χ3v) is 4.35. The van der Waals surface area contributed by atoms with Crippen LogP contribution in [0.1, 0.15) is 17.3 Å². The van der Waals surface area contributed by atoms with Gasteiger partial charge in [0.05, 0.1) is 23.3 Å². The molecule has 0 aliphatic carbocycles. The second kappa shape index (κ2) is 7.09. The molecule has 1 amide bonds. The number of rotatable bonds is 6. The predicted octanol–water partition coefficient (Wildman–Crippen LogP) is 2.85. The van der Waals surface area contributed by atoms with Crippen molar-refractivity contribution in [2.45, 2.75) is 25.8 Å². The molecular formula is C17H20N4O2S. The molecule has 0 aliphatic heterocycles. The summed E-state index contributed by atoms with van der Waals surface area (Å²) < 4.78 is 7.05. The largest absolute Gasteiger partial charge is 0.361 e. The Labute approximate surface area is 144 Å². The number of imidazole rings is 1. The van der Waals surface area contributed by atoms with Crippen LogP contribution in [0.25, 0.3) is 11.0 Å². The standard InChI is InChI=1S/C17H20N4O2S/c1-12-8-13(19-23-12)9-20(2)17(22)10-21-15-7-5-4-6-14(15)18-16(21)11-24-3/h4-8H,9-11H2,1-3H3. The molecule has 0 unspecified atom stereocenters. The maximum Gasteiger partial charge on any atom is 0.242 e. The van der Waals surface area contributed by atoms with Crippen molar-refractivity contribution in [1.29, 1.82) is 0 Å². The first-order valence-corrected chi connectivity index (χ1v) is 9.07. The molecule has 7 heteroatoms. The summed E-state index contributed by atoms with van der Waals surface area (Å²) in [5.41, 5.74) is 2.66. The van der Waals surface area contributed by atoms with Crippen LogP contribution < -0.4 is 0 Å². The zero-order chi connectivity index (χ0) is 17.1. The number of carbonyl (C=O) groups excluding carboxylic acids is 1. The summed E-state index contributed by atoms with van der Waals surface area (Å²) in [4.78, 5) is 18.9. The third kappa shape index (κ3) is 3.46. The average Bonchev–Trinajstić information content (AvgIpc) is 3.12. The normalized spacial score (nSPS) is 11.1. The minimum atomic E-state index is 0.0150. The van der Waals surface area contributed by atoms with Crippen molar-refractivity contribution in [3.05, 3.63) is 47.6 Å². The Kier molecular flexibility index (Phi) is 4.89. The van der Waals surface area contributed by atoms with Crippen LogP contribution in [0, 0.1) is 6.92 Å². The van der Waals surface area contributed by atoms with Gasteiger partial charge in [-0.1, -0.05) is 17.3 Å². The van der Waals surface area contributed by atoms with Gasteiger partial charge in [-0.15, -0.1) is 0 Å². The summed E-state index contributed by atoms with van der Waals surface area (Å²) in [6.07, 6.45) is 2.03. The lowest BCUT2D eigenvalue weighted by molar-refractivity contribution is -0.131. The molecule has 0 aliphatic rings. The van der Waals surface area contributed by atoms with E-state index in [1.54, 1.807) is 23.7 Å². The Morgan fingerprint density at radius 1 is 1.38 bits per heavy atom. The molecule has 24 heavy (non-hydrogen) atoms. The van der Waals surface area contributed by atoms with Crippen molar-refractivity contribution in [1.82, 2.24) is 19.6 Å². The summed E-state index contributed by atoms with van der Waals surface area (Å²) >= 11 is 1.69. The topological polar surface area (TPSA) is 64.2 Å². The van der Waals surface area contributed by atoms with Gasteiger partial charge in [0, 0.05) is 13.1 Å². The van der Waals surface area contributed by atoms with Crippen LogP contribution in [0.15, 0.2) is 34.9 Å². The van der Waals surface area contributed by atoms with Gasteiger partial charge in [0.25, 0.3) is 0 Å². The van der Waals surface area contributed by atoms with E-state index in [1.165, 1.54) is 0 Å². The number of hydrogen-bond donors (Lipinski definition) is 0. The van der Waals surface area contributed by atoms with Crippen LogP contribution in [-0.4, -0.2) is 38.8 Å². The van der Waals surface area contributed by atoms with E-state index < -0.39 is 0 Å². The van der Waals surface area contributed by atoms with Gasteiger partial charge >= 0.3 is 0 Å². The molecule has 3 rings (SSSR count). The summed E-state index contributed by atoms with van der Waals surface area (Å²) in [7, 11) is 1.78. The molecule has 0 N–H and O–H groups in total. The predicted molar refractivity (Wildman–Crippen MR) is 94.7 cm³/mol. The minimum Gasteiger partial charge on any atom is -0.361 e. The van der Waals surface area contributed by atoms with E-state index in [0.717, 1.165) is 34.1 Å².